The molecule has 5 heteroatoms. The highest BCUT2D eigenvalue weighted by Crippen LogP contribution is 2.40. The molecule has 0 bridgehead atoms. The smallest absolute Gasteiger partial charge is 0.336 e. The van der Waals surface area contributed by atoms with E-state index in [-0.39, 0.29) is 11.1 Å². The van der Waals surface area contributed by atoms with E-state index in [0.29, 0.717) is 6.42 Å². The molecule has 1 rings (SSSR count). The summed E-state index contributed by atoms with van der Waals surface area (Å²) < 4.78 is 0. The first-order chi connectivity index (χ1) is 9.49. The van der Waals surface area contributed by atoms with Gasteiger partial charge in [-0.05, 0) is 18.9 Å². The second kappa shape index (κ2) is 7.62. The Hall–Kier alpha value is -1.91. The zero-order chi connectivity index (χ0) is 15.1. The Morgan fingerprint density at radius 3 is 2.20 bits per heavy atom. The van der Waals surface area contributed by atoms with E-state index in [1.807, 2.05) is 0 Å². The van der Waals surface area contributed by atoms with Crippen LogP contribution >= 0.6 is 0 Å². The monoisotopic (exact) mass is 282 g/mol. The number of benzene rings is 1. The van der Waals surface area contributed by atoms with Crippen molar-refractivity contribution < 1.29 is 25.2 Å². The van der Waals surface area contributed by atoms with E-state index in [0.717, 1.165) is 38.2 Å². The summed E-state index contributed by atoms with van der Waals surface area (Å²) in [5.41, 5.74) is 0.0228. The number of phenols is 3. The molecule has 0 amide bonds. The predicted octanol–water partition coefficient (Wildman–Crippen LogP) is 3.40. The molecule has 5 nitrogen and oxygen atoms in total. The lowest BCUT2D eigenvalue weighted by atomic mass is 9.98. The lowest BCUT2D eigenvalue weighted by molar-refractivity contribution is 0.0694. The van der Waals surface area contributed by atoms with Gasteiger partial charge < -0.3 is 20.4 Å². The summed E-state index contributed by atoms with van der Waals surface area (Å²) in [6, 6.07) is 0.976. The van der Waals surface area contributed by atoms with Crippen LogP contribution in [0.15, 0.2) is 6.07 Å². The van der Waals surface area contributed by atoms with E-state index in [1.54, 1.807) is 0 Å². The summed E-state index contributed by atoms with van der Waals surface area (Å²) in [5, 5.41) is 37.7. The molecule has 0 unspecified atom stereocenters. The minimum atomic E-state index is -1.23. The molecule has 0 atom stereocenters. The Balaban J connectivity index is 2.73. The third-order valence-corrected chi connectivity index (χ3v) is 3.37. The van der Waals surface area contributed by atoms with E-state index < -0.39 is 23.2 Å². The minimum absolute atomic E-state index is 0.161. The molecule has 112 valence electrons. The van der Waals surface area contributed by atoms with E-state index in [2.05, 4.69) is 6.92 Å². The quantitative estimate of drug-likeness (QED) is 0.432. The van der Waals surface area contributed by atoms with Gasteiger partial charge in [-0.25, -0.2) is 4.79 Å². The van der Waals surface area contributed by atoms with Crippen LogP contribution in [-0.2, 0) is 6.42 Å². The van der Waals surface area contributed by atoms with Crippen LogP contribution in [0.2, 0.25) is 0 Å². The zero-order valence-corrected chi connectivity index (χ0v) is 11.7. The number of aromatic carboxylic acids is 1. The summed E-state index contributed by atoms with van der Waals surface area (Å²) in [6.07, 6.45) is 6.62. The number of unbranched alkanes of at least 4 members (excludes halogenated alkanes) is 5. The maximum Gasteiger partial charge on any atom is 0.336 e. The van der Waals surface area contributed by atoms with Gasteiger partial charge in [0, 0.05) is 5.56 Å². The number of carboxylic acid groups (broad SMARTS) is 1. The topological polar surface area (TPSA) is 98.0 Å². The maximum atomic E-state index is 11.1. The Bertz CT molecular complexity index is 468. The summed E-state index contributed by atoms with van der Waals surface area (Å²) in [6.45, 7) is 2.14. The van der Waals surface area contributed by atoms with Crippen LogP contribution in [0.3, 0.4) is 0 Å². The van der Waals surface area contributed by atoms with Crippen molar-refractivity contribution in [3.05, 3.63) is 17.2 Å². The van der Waals surface area contributed by atoms with Crippen LogP contribution < -0.4 is 0 Å². The van der Waals surface area contributed by atoms with Gasteiger partial charge in [-0.2, -0.15) is 0 Å². The van der Waals surface area contributed by atoms with Crippen LogP contribution in [-0.4, -0.2) is 26.4 Å². The largest absolute Gasteiger partial charge is 0.504 e. The van der Waals surface area contributed by atoms with E-state index >= 15 is 0 Å². The van der Waals surface area contributed by atoms with Gasteiger partial charge in [0.15, 0.2) is 11.5 Å². The highest BCUT2D eigenvalue weighted by Gasteiger charge is 2.20. The number of carboxylic acids is 1. The van der Waals surface area contributed by atoms with Gasteiger partial charge in [0.2, 0.25) is 5.75 Å². The van der Waals surface area contributed by atoms with Crippen LogP contribution in [0, 0.1) is 0 Å². The van der Waals surface area contributed by atoms with Crippen molar-refractivity contribution in [2.24, 2.45) is 0 Å². The number of aromatic hydroxyl groups is 3. The van der Waals surface area contributed by atoms with Gasteiger partial charge in [-0.15, -0.1) is 0 Å². The third kappa shape index (κ3) is 4.05. The van der Waals surface area contributed by atoms with Crippen molar-refractivity contribution in [1.29, 1.82) is 0 Å². The molecule has 0 aromatic heterocycles. The molecule has 0 spiro atoms. The molecule has 20 heavy (non-hydrogen) atoms. The number of hydrogen-bond acceptors (Lipinski definition) is 4. The van der Waals surface area contributed by atoms with E-state index in [4.69, 9.17) is 5.11 Å². The Morgan fingerprint density at radius 2 is 1.60 bits per heavy atom. The first-order valence-corrected chi connectivity index (χ1v) is 6.99. The van der Waals surface area contributed by atoms with Crippen LogP contribution in [0.25, 0.3) is 0 Å². The molecule has 0 saturated carbocycles. The van der Waals surface area contributed by atoms with Crippen LogP contribution in [0.4, 0.5) is 0 Å². The molecule has 1 aromatic carbocycles. The van der Waals surface area contributed by atoms with E-state index in [1.165, 1.54) is 6.42 Å². The fourth-order valence-corrected chi connectivity index (χ4v) is 2.21. The lowest BCUT2D eigenvalue weighted by Gasteiger charge is -2.11. The number of phenolic OH excluding ortho intramolecular Hbond substituents is 3. The molecular formula is C15H22O5. The summed E-state index contributed by atoms with van der Waals surface area (Å²) >= 11 is 0. The highest BCUT2D eigenvalue weighted by molar-refractivity contribution is 5.91. The first kappa shape index (κ1) is 16.1. The van der Waals surface area contributed by atoms with Crippen molar-refractivity contribution in [1.82, 2.24) is 0 Å². The zero-order valence-electron chi connectivity index (χ0n) is 11.7. The molecular weight excluding hydrogens is 260 g/mol. The molecule has 0 aliphatic carbocycles. The van der Waals surface area contributed by atoms with Crippen molar-refractivity contribution in [3.8, 4) is 17.2 Å². The Morgan fingerprint density at radius 1 is 1.00 bits per heavy atom. The van der Waals surface area contributed by atoms with Crippen LogP contribution in [0.1, 0.15) is 61.4 Å². The molecule has 4 N–H and O–H groups in total. The summed E-state index contributed by atoms with van der Waals surface area (Å²) in [4.78, 5) is 11.1. The lowest BCUT2D eigenvalue weighted by Crippen LogP contribution is -2.03. The van der Waals surface area contributed by atoms with Gasteiger partial charge in [-0.1, -0.05) is 39.0 Å². The van der Waals surface area contributed by atoms with Gasteiger partial charge in [0.25, 0.3) is 0 Å². The molecule has 0 aliphatic heterocycles. The molecule has 0 heterocycles. The predicted molar refractivity (Wildman–Crippen MR) is 75.5 cm³/mol. The summed E-state index contributed by atoms with van der Waals surface area (Å²) in [7, 11) is 0. The number of carbonyl (C=O) groups is 1. The normalized spacial score (nSPS) is 10.7. The minimum Gasteiger partial charge on any atom is -0.504 e. The van der Waals surface area contributed by atoms with Crippen molar-refractivity contribution in [2.75, 3.05) is 0 Å². The van der Waals surface area contributed by atoms with Crippen LogP contribution in [0.5, 0.6) is 17.2 Å². The third-order valence-electron chi connectivity index (χ3n) is 3.37. The van der Waals surface area contributed by atoms with Gasteiger partial charge in [0.05, 0.1) is 5.56 Å². The fraction of sp³-hybridized carbons (Fsp3) is 0.533. The van der Waals surface area contributed by atoms with Crippen molar-refractivity contribution >= 4 is 5.97 Å². The average Bonchev–Trinajstić information content (AvgIpc) is 2.41. The Kier molecular flexibility index (Phi) is 6.15. The maximum absolute atomic E-state index is 11.1. The van der Waals surface area contributed by atoms with Crippen molar-refractivity contribution in [2.45, 2.75) is 51.9 Å². The van der Waals surface area contributed by atoms with Crippen molar-refractivity contribution in [3.63, 3.8) is 0 Å². The molecule has 0 aliphatic rings. The number of hydrogen-bond donors (Lipinski definition) is 4. The SMILES string of the molecule is CCCCCCCCc1c(C(=O)O)cc(O)c(O)c1O. The van der Waals surface area contributed by atoms with Gasteiger partial charge >= 0.3 is 5.97 Å². The highest BCUT2D eigenvalue weighted by atomic mass is 16.4. The standard InChI is InChI=1S/C15H22O5/c1-2-3-4-5-6-7-8-10-11(15(19)20)9-12(16)14(18)13(10)17/h9,16-18H,2-8H2,1H3,(H,19,20). The average molecular weight is 282 g/mol. The summed E-state index contributed by atoms with van der Waals surface area (Å²) in [5.74, 6) is -3.03. The second-order valence-electron chi connectivity index (χ2n) is 4.94. The Labute approximate surface area is 118 Å². The second-order valence-corrected chi connectivity index (χ2v) is 4.94. The van der Waals surface area contributed by atoms with Gasteiger partial charge in [-0.3, -0.25) is 0 Å². The first-order valence-electron chi connectivity index (χ1n) is 6.99. The fourth-order valence-electron chi connectivity index (χ4n) is 2.21. The molecule has 0 saturated heterocycles. The molecule has 1 aromatic rings. The number of rotatable bonds is 8. The van der Waals surface area contributed by atoms with E-state index in [9.17, 15) is 20.1 Å². The van der Waals surface area contributed by atoms with Gasteiger partial charge in [0.1, 0.15) is 0 Å². The molecule has 0 fully saturated rings. The molecule has 0 radical (unpaired) electrons.